The van der Waals surface area contributed by atoms with Crippen LogP contribution >= 0.6 is 38.9 Å². The molecule has 0 spiro atoms. The lowest BCUT2D eigenvalue weighted by Crippen LogP contribution is -2.13. The monoisotopic (exact) mass is 346 g/mol. The maximum atomic E-state index is 12.5. The lowest BCUT2D eigenvalue weighted by Gasteiger charge is -2.10. The van der Waals surface area contributed by atoms with Gasteiger partial charge in [-0.25, -0.2) is 0 Å². The van der Waals surface area contributed by atoms with Crippen molar-refractivity contribution in [1.82, 2.24) is 9.78 Å². The van der Waals surface area contributed by atoms with Gasteiger partial charge in [0.25, 0.3) is 0 Å². The first kappa shape index (κ1) is 13.8. The Morgan fingerprint density at radius 2 is 2.22 bits per heavy atom. The van der Waals surface area contributed by atoms with Crippen molar-refractivity contribution in [1.29, 1.82) is 0 Å². The van der Waals surface area contributed by atoms with E-state index >= 15 is 0 Å². The van der Waals surface area contributed by atoms with Crippen LogP contribution in [0.3, 0.4) is 0 Å². The maximum absolute atomic E-state index is 12.5. The van der Waals surface area contributed by atoms with Crippen LogP contribution in [-0.4, -0.2) is 15.6 Å². The quantitative estimate of drug-likeness (QED) is 0.767. The standard InChI is InChI=1S/C12H12BrClN2OS/c1-6(2)16-10(8(13)4-15-16)11(17)12-9(14)7(3)5-18-12/h4-6H,1-3H3. The van der Waals surface area contributed by atoms with Gasteiger partial charge in [0.2, 0.25) is 5.78 Å². The molecule has 0 saturated carbocycles. The molecule has 2 heterocycles. The summed E-state index contributed by atoms with van der Waals surface area (Å²) in [7, 11) is 0. The van der Waals surface area contributed by atoms with E-state index in [1.165, 1.54) is 11.3 Å². The zero-order chi connectivity index (χ0) is 13.4. The van der Waals surface area contributed by atoms with Gasteiger partial charge in [-0.3, -0.25) is 9.48 Å². The highest BCUT2D eigenvalue weighted by Crippen LogP contribution is 2.31. The molecule has 0 aliphatic heterocycles. The highest BCUT2D eigenvalue weighted by Gasteiger charge is 2.24. The molecule has 0 aliphatic rings. The van der Waals surface area contributed by atoms with Crippen molar-refractivity contribution in [3.63, 3.8) is 0 Å². The van der Waals surface area contributed by atoms with E-state index in [0.29, 0.717) is 20.1 Å². The van der Waals surface area contributed by atoms with E-state index < -0.39 is 0 Å². The number of thiophene rings is 1. The maximum Gasteiger partial charge on any atom is 0.223 e. The molecule has 2 rings (SSSR count). The summed E-state index contributed by atoms with van der Waals surface area (Å²) >= 11 is 10.9. The number of carbonyl (C=O) groups excluding carboxylic acids is 1. The second-order valence-corrected chi connectivity index (χ2v) is 6.38. The van der Waals surface area contributed by atoms with Crippen molar-refractivity contribution in [3.8, 4) is 0 Å². The van der Waals surface area contributed by atoms with Crippen LogP contribution in [0.5, 0.6) is 0 Å². The summed E-state index contributed by atoms with van der Waals surface area (Å²) in [5.41, 5.74) is 1.48. The minimum Gasteiger partial charge on any atom is -0.286 e. The molecule has 2 aromatic heterocycles. The van der Waals surface area contributed by atoms with Crippen LogP contribution in [0.4, 0.5) is 0 Å². The van der Waals surface area contributed by atoms with Crippen LogP contribution in [0.25, 0.3) is 0 Å². The number of hydrogen-bond acceptors (Lipinski definition) is 3. The number of ketones is 1. The second-order valence-electron chi connectivity index (χ2n) is 4.27. The summed E-state index contributed by atoms with van der Waals surface area (Å²) in [6.45, 7) is 5.86. The third kappa shape index (κ3) is 2.27. The highest BCUT2D eigenvalue weighted by atomic mass is 79.9. The zero-order valence-electron chi connectivity index (χ0n) is 10.2. The van der Waals surface area contributed by atoms with Crippen molar-refractivity contribution in [2.45, 2.75) is 26.8 Å². The van der Waals surface area contributed by atoms with Crippen molar-refractivity contribution in [2.24, 2.45) is 0 Å². The van der Waals surface area contributed by atoms with Gasteiger partial charge in [0.05, 0.1) is 20.6 Å². The fraction of sp³-hybridized carbons (Fsp3) is 0.333. The Morgan fingerprint density at radius 3 is 2.72 bits per heavy atom. The van der Waals surface area contributed by atoms with E-state index in [4.69, 9.17) is 11.6 Å². The second kappa shape index (κ2) is 5.15. The fourth-order valence-corrected chi connectivity index (χ4v) is 3.31. The van der Waals surface area contributed by atoms with E-state index in [-0.39, 0.29) is 11.8 Å². The van der Waals surface area contributed by atoms with Gasteiger partial charge in [-0.05, 0) is 47.6 Å². The molecule has 0 saturated heterocycles. The topological polar surface area (TPSA) is 34.9 Å². The van der Waals surface area contributed by atoms with Crippen LogP contribution < -0.4 is 0 Å². The van der Waals surface area contributed by atoms with Gasteiger partial charge in [0, 0.05) is 6.04 Å². The molecule has 0 unspecified atom stereocenters. The molecule has 96 valence electrons. The third-order valence-electron chi connectivity index (χ3n) is 2.56. The summed E-state index contributed by atoms with van der Waals surface area (Å²) < 4.78 is 2.40. The van der Waals surface area contributed by atoms with Gasteiger partial charge >= 0.3 is 0 Å². The van der Waals surface area contributed by atoms with E-state index in [0.717, 1.165) is 5.56 Å². The summed E-state index contributed by atoms with van der Waals surface area (Å²) in [6.07, 6.45) is 1.64. The molecule has 0 atom stereocenters. The highest BCUT2D eigenvalue weighted by molar-refractivity contribution is 9.10. The Balaban J connectivity index is 2.53. The molecule has 0 N–H and O–H groups in total. The zero-order valence-corrected chi connectivity index (χ0v) is 13.4. The molecule has 0 amide bonds. The molecule has 0 radical (unpaired) electrons. The molecular weight excluding hydrogens is 336 g/mol. The van der Waals surface area contributed by atoms with Gasteiger partial charge in [-0.1, -0.05) is 11.6 Å². The number of nitrogens with zero attached hydrogens (tertiary/aromatic N) is 2. The SMILES string of the molecule is Cc1csc(C(=O)c2c(Br)cnn2C(C)C)c1Cl. The molecule has 3 nitrogen and oxygen atoms in total. The van der Waals surface area contributed by atoms with Crippen LogP contribution in [0.15, 0.2) is 16.0 Å². The van der Waals surface area contributed by atoms with Crippen LogP contribution in [-0.2, 0) is 0 Å². The largest absolute Gasteiger partial charge is 0.286 e. The lowest BCUT2D eigenvalue weighted by molar-refractivity contribution is 0.103. The Morgan fingerprint density at radius 1 is 1.56 bits per heavy atom. The Hall–Kier alpha value is -0.650. The first-order chi connectivity index (χ1) is 8.43. The Kier molecular flexibility index (Phi) is 3.94. The molecule has 6 heteroatoms. The smallest absolute Gasteiger partial charge is 0.223 e. The molecule has 0 aromatic carbocycles. The van der Waals surface area contributed by atoms with Crippen molar-refractivity contribution >= 4 is 44.7 Å². The van der Waals surface area contributed by atoms with Gasteiger partial charge in [0.15, 0.2) is 0 Å². The van der Waals surface area contributed by atoms with Gasteiger partial charge in [-0.2, -0.15) is 5.10 Å². The van der Waals surface area contributed by atoms with Gasteiger partial charge in [0.1, 0.15) is 5.69 Å². The molecule has 0 bridgehead atoms. The molecule has 18 heavy (non-hydrogen) atoms. The van der Waals surface area contributed by atoms with E-state index in [1.54, 1.807) is 10.9 Å². The van der Waals surface area contributed by atoms with E-state index in [1.807, 2.05) is 26.2 Å². The van der Waals surface area contributed by atoms with E-state index in [2.05, 4.69) is 21.0 Å². The summed E-state index contributed by atoms with van der Waals surface area (Å²) in [5, 5.41) is 6.63. The number of aromatic nitrogens is 2. The summed E-state index contributed by atoms with van der Waals surface area (Å²) in [6, 6.07) is 0.120. The number of halogens is 2. The first-order valence-corrected chi connectivity index (χ1v) is 7.49. The van der Waals surface area contributed by atoms with Crippen LogP contribution in [0.2, 0.25) is 5.02 Å². The lowest BCUT2D eigenvalue weighted by atomic mass is 10.2. The number of aryl methyl sites for hydroxylation is 1. The third-order valence-corrected chi connectivity index (χ3v) is 4.84. The van der Waals surface area contributed by atoms with Crippen molar-refractivity contribution in [2.75, 3.05) is 0 Å². The molecule has 0 aliphatic carbocycles. The Labute approximate surface area is 123 Å². The number of hydrogen-bond donors (Lipinski definition) is 0. The predicted octanol–water partition coefficient (Wildman–Crippen LogP) is 4.48. The predicted molar refractivity (Wildman–Crippen MR) is 77.8 cm³/mol. The Bertz CT molecular complexity index is 603. The van der Waals surface area contributed by atoms with Gasteiger partial charge < -0.3 is 0 Å². The summed E-state index contributed by atoms with van der Waals surface area (Å²) in [5.74, 6) is -0.0869. The van der Waals surface area contributed by atoms with Crippen molar-refractivity contribution < 1.29 is 4.79 Å². The number of rotatable bonds is 3. The molecule has 2 aromatic rings. The van der Waals surface area contributed by atoms with Crippen LogP contribution in [0, 0.1) is 6.92 Å². The van der Waals surface area contributed by atoms with Gasteiger partial charge in [-0.15, -0.1) is 11.3 Å². The first-order valence-electron chi connectivity index (χ1n) is 5.44. The average Bonchev–Trinajstić information content (AvgIpc) is 2.84. The van der Waals surface area contributed by atoms with E-state index in [9.17, 15) is 4.79 Å². The van der Waals surface area contributed by atoms with Crippen LogP contribution in [0.1, 0.15) is 40.8 Å². The van der Waals surface area contributed by atoms with Crippen molar-refractivity contribution in [3.05, 3.63) is 37.2 Å². The summed E-state index contributed by atoms with van der Waals surface area (Å²) in [4.78, 5) is 13.1. The number of carbonyl (C=O) groups is 1. The normalized spacial score (nSPS) is 11.2. The minimum absolute atomic E-state index is 0.0869. The molecule has 0 fully saturated rings. The average molecular weight is 348 g/mol. The fourth-order valence-electron chi connectivity index (χ4n) is 1.64. The minimum atomic E-state index is -0.0869. The molecular formula is C12H12BrClN2OS.